The zero-order chi connectivity index (χ0) is 15.7. The van der Waals surface area contributed by atoms with Crippen molar-refractivity contribution in [2.45, 2.75) is 0 Å². The Morgan fingerprint density at radius 1 is 1.09 bits per heavy atom. The van der Waals surface area contributed by atoms with Crippen molar-refractivity contribution in [2.75, 3.05) is 23.3 Å². The van der Waals surface area contributed by atoms with Gasteiger partial charge in [0.15, 0.2) is 5.78 Å². The highest BCUT2D eigenvalue weighted by Crippen LogP contribution is 2.30. The van der Waals surface area contributed by atoms with Crippen LogP contribution >= 0.6 is 0 Å². The Balaban J connectivity index is 1.87. The first kappa shape index (κ1) is 14.2. The van der Waals surface area contributed by atoms with Gasteiger partial charge >= 0.3 is 0 Å². The fraction of sp³-hybridized carbons (Fsp3) is 0.125. The van der Waals surface area contributed by atoms with Crippen molar-refractivity contribution in [2.24, 2.45) is 0 Å². The van der Waals surface area contributed by atoms with E-state index in [-0.39, 0.29) is 24.8 Å². The molecule has 0 aromatic heterocycles. The molecule has 3 rings (SSSR count). The van der Waals surface area contributed by atoms with Crippen LogP contribution in [0.1, 0.15) is 10.4 Å². The molecule has 4 nitrogen and oxygen atoms in total. The maximum atomic E-state index is 13.2. The van der Waals surface area contributed by atoms with Gasteiger partial charge in [-0.3, -0.25) is 9.59 Å². The number of anilines is 2. The Morgan fingerprint density at radius 2 is 1.77 bits per heavy atom. The SMILES string of the molecule is O=C(CN1C(=O)CNc2cc(F)ccc21)c1ccc(F)cc1. The van der Waals surface area contributed by atoms with Gasteiger partial charge in [-0.2, -0.15) is 0 Å². The van der Waals surface area contributed by atoms with Crippen LogP contribution in [-0.2, 0) is 4.79 Å². The lowest BCUT2D eigenvalue weighted by molar-refractivity contribution is -0.117. The summed E-state index contributed by atoms with van der Waals surface area (Å²) >= 11 is 0. The van der Waals surface area contributed by atoms with Crippen LogP contribution in [0.3, 0.4) is 0 Å². The van der Waals surface area contributed by atoms with Gasteiger partial charge in [-0.05, 0) is 42.5 Å². The summed E-state index contributed by atoms with van der Waals surface area (Å²) in [6, 6.07) is 9.08. The molecule has 0 unspecified atom stereocenters. The minimum absolute atomic E-state index is 0.00679. The minimum atomic E-state index is -0.435. The molecule has 1 amide bonds. The molecule has 0 saturated heterocycles. The molecule has 22 heavy (non-hydrogen) atoms. The van der Waals surface area contributed by atoms with E-state index in [9.17, 15) is 18.4 Å². The normalized spacial score (nSPS) is 13.5. The first-order chi connectivity index (χ1) is 10.5. The van der Waals surface area contributed by atoms with E-state index in [0.29, 0.717) is 16.9 Å². The van der Waals surface area contributed by atoms with Crippen molar-refractivity contribution < 1.29 is 18.4 Å². The van der Waals surface area contributed by atoms with Crippen molar-refractivity contribution in [1.29, 1.82) is 0 Å². The van der Waals surface area contributed by atoms with Gasteiger partial charge < -0.3 is 10.2 Å². The van der Waals surface area contributed by atoms with E-state index in [1.165, 1.54) is 47.4 Å². The molecule has 0 saturated carbocycles. The van der Waals surface area contributed by atoms with Gasteiger partial charge in [0.1, 0.15) is 11.6 Å². The molecule has 0 fully saturated rings. The number of carbonyl (C=O) groups excluding carboxylic acids is 2. The van der Waals surface area contributed by atoms with E-state index in [1.807, 2.05) is 0 Å². The number of nitrogens with one attached hydrogen (secondary N) is 1. The van der Waals surface area contributed by atoms with Crippen molar-refractivity contribution in [3.63, 3.8) is 0 Å². The summed E-state index contributed by atoms with van der Waals surface area (Å²) < 4.78 is 26.1. The smallest absolute Gasteiger partial charge is 0.246 e. The summed E-state index contributed by atoms with van der Waals surface area (Å²) in [5.41, 5.74) is 1.23. The number of halogens is 2. The number of fused-ring (bicyclic) bond motifs is 1. The van der Waals surface area contributed by atoms with Crippen molar-refractivity contribution in [1.82, 2.24) is 0 Å². The summed E-state index contributed by atoms with van der Waals surface area (Å²) in [7, 11) is 0. The van der Waals surface area contributed by atoms with Crippen molar-refractivity contribution in [3.05, 3.63) is 59.7 Å². The average molecular weight is 302 g/mol. The van der Waals surface area contributed by atoms with Crippen molar-refractivity contribution in [3.8, 4) is 0 Å². The van der Waals surface area contributed by atoms with Gasteiger partial charge in [0.25, 0.3) is 0 Å². The van der Waals surface area contributed by atoms with Crippen LogP contribution in [0.4, 0.5) is 20.2 Å². The van der Waals surface area contributed by atoms with Gasteiger partial charge in [-0.25, -0.2) is 8.78 Å². The van der Waals surface area contributed by atoms with E-state index in [0.717, 1.165) is 0 Å². The molecular formula is C16H12F2N2O2. The summed E-state index contributed by atoms with van der Waals surface area (Å²) in [6.45, 7) is -0.183. The molecule has 112 valence electrons. The largest absolute Gasteiger partial charge is 0.374 e. The van der Waals surface area contributed by atoms with Crippen LogP contribution in [0.2, 0.25) is 0 Å². The maximum Gasteiger partial charge on any atom is 0.246 e. The third-order valence-electron chi connectivity index (χ3n) is 3.45. The van der Waals surface area contributed by atoms with E-state index in [1.54, 1.807) is 0 Å². The number of benzene rings is 2. The molecule has 2 aromatic rings. The number of Topliss-reactive ketones (excluding diaryl/α,β-unsaturated/α-hetero) is 1. The van der Waals surface area contributed by atoms with Crippen LogP contribution in [0, 0.1) is 11.6 Å². The maximum absolute atomic E-state index is 13.2. The molecule has 1 aliphatic rings. The number of nitrogens with zero attached hydrogens (tertiary/aromatic N) is 1. The van der Waals surface area contributed by atoms with Gasteiger partial charge in [-0.15, -0.1) is 0 Å². The Bertz CT molecular complexity index is 744. The molecule has 0 atom stereocenters. The van der Waals surface area contributed by atoms with Gasteiger partial charge in [0.2, 0.25) is 5.91 Å². The second kappa shape index (κ2) is 5.55. The van der Waals surface area contributed by atoms with Crippen LogP contribution < -0.4 is 10.2 Å². The van der Waals surface area contributed by atoms with Crippen LogP contribution in [0.15, 0.2) is 42.5 Å². The van der Waals surface area contributed by atoms with Gasteiger partial charge in [0.05, 0.1) is 24.5 Å². The number of hydrogen-bond acceptors (Lipinski definition) is 3. The molecular weight excluding hydrogens is 290 g/mol. The van der Waals surface area contributed by atoms with Gasteiger partial charge in [-0.1, -0.05) is 0 Å². The lowest BCUT2D eigenvalue weighted by atomic mass is 10.1. The van der Waals surface area contributed by atoms with E-state index < -0.39 is 11.6 Å². The zero-order valence-corrected chi connectivity index (χ0v) is 11.5. The lowest BCUT2D eigenvalue weighted by Gasteiger charge is -2.29. The second-order valence-electron chi connectivity index (χ2n) is 4.92. The molecule has 1 N–H and O–H groups in total. The Morgan fingerprint density at radius 3 is 2.50 bits per heavy atom. The van der Waals surface area contributed by atoms with Crippen LogP contribution in [0.5, 0.6) is 0 Å². The first-order valence-electron chi connectivity index (χ1n) is 6.67. The number of ketones is 1. The summed E-state index contributed by atoms with van der Waals surface area (Å²) in [4.78, 5) is 25.6. The van der Waals surface area contributed by atoms with E-state index in [2.05, 4.69) is 5.32 Å². The highest BCUT2D eigenvalue weighted by molar-refractivity contribution is 6.09. The zero-order valence-electron chi connectivity index (χ0n) is 11.5. The highest BCUT2D eigenvalue weighted by Gasteiger charge is 2.26. The van der Waals surface area contributed by atoms with E-state index in [4.69, 9.17) is 0 Å². The quantitative estimate of drug-likeness (QED) is 0.887. The molecule has 6 heteroatoms. The fourth-order valence-electron chi connectivity index (χ4n) is 2.33. The predicted molar refractivity (Wildman–Crippen MR) is 78.0 cm³/mol. The predicted octanol–water partition coefficient (Wildman–Crippen LogP) is 2.61. The highest BCUT2D eigenvalue weighted by atomic mass is 19.1. The average Bonchev–Trinajstić information content (AvgIpc) is 2.50. The second-order valence-corrected chi connectivity index (χ2v) is 4.92. The number of amides is 1. The summed E-state index contributed by atoms with van der Waals surface area (Å²) in [5.74, 6) is -1.46. The monoisotopic (exact) mass is 302 g/mol. The molecule has 0 bridgehead atoms. The lowest BCUT2D eigenvalue weighted by Crippen LogP contribution is -2.42. The Kier molecular flexibility index (Phi) is 3.58. The Labute approximate surface area is 125 Å². The minimum Gasteiger partial charge on any atom is -0.374 e. The van der Waals surface area contributed by atoms with Gasteiger partial charge in [0, 0.05) is 5.56 Å². The number of carbonyl (C=O) groups is 2. The molecule has 1 heterocycles. The number of hydrogen-bond donors (Lipinski definition) is 1. The van der Waals surface area contributed by atoms with E-state index >= 15 is 0 Å². The van der Waals surface area contributed by atoms with Crippen molar-refractivity contribution >= 4 is 23.1 Å². The fourth-order valence-corrected chi connectivity index (χ4v) is 2.33. The standard InChI is InChI=1S/C16H12F2N2O2/c17-11-3-1-10(2-4-11)15(21)9-20-14-6-5-12(18)7-13(14)19-8-16(20)22/h1-7,19H,8-9H2. The summed E-state index contributed by atoms with van der Waals surface area (Å²) in [5, 5.41) is 2.81. The van der Waals surface area contributed by atoms with Crippen LogP contribution in [0.25, 0.3) is 0 Å². The van der Waals surface area contributed by atoms with Crippen LogP contribution in [-0.4, -0.2) is 24.8 Å². The topological polar surface area (TPSA) is 49.4 Å². The third kappa shape index (κ3) is 2.67. The molecule has 0 radical (unpaired) electrons. The molecule has 2 aromatic carbocycles. The first-order valence-corrected chi connectivity index (χ1v) is 6.67. The Hall–Kier alpha value is -2.76. The summed E-state index contributed by atoms with van der Waals surface area (Å²) in [6.07, 6.45) is 0. The number of rotatable bonds is 3. The molecule has 0 aliphatic carbocycles. The third-order valence-corrected chi connectivity index (χ3v) is 3.45. The molecule has 0 spiro atoms. The molecule has 1 aliphatic heterocycles.